The molecule has 1 aliphatic rings. The Labute approximate surface area is 133 Å². The van der Waals surface area contributed by atoms with E-state index in [-0.39, 0.29) is 11.9 Å². The molecule has 1 fully saturated rings. The number of anilines is 1. The number of hydrogen-bond acceptors (Lipinski definition) is 5. The molecule has 0 aliphatic carbocycles. The van der Waals surface area contributed by atoms with Gasteiger partial charge in [-0.25, -0.2) is 4.99 Å². The molecule has 2 rings (SSSR count). The minimum Gasteiger partial charge on any atom is -0.370 e. The zero-order chi connectivity index (χ0) is 17.4. The second-order valence-electron chi connectivity index (χ2n) is 4.78. The first-order valence-corrected chi connectivity index (χ1v) is 6.83. The molecule has 0 atom stereocenters. The van der Waals surface area contributed by atoms with Gasteiger partial charge in [-0.1, -0.05) is 0 Å². The second-order valence-corrected chi connectivity index (χ2v) is 4.78. The van der Waals surface area contributed by atoms with Crippen molar-refractivity contribution in [3.05, 3.63) is 34.4 Å². The van der Waals surface area contributed by atoms with Crippen molar-refractivity contribution in [2.45, 2.75) is 6.92 Å². The van der Waals surface area contributed by atoms with Gasteiger partial charge >= 0.3 is 0 Å². The first-order valence-electron chi connectivity index (χ1n) is 6.83. The maximum absolute atomic E-state index is 11.3. The number of benzene rings is 1. The molecule has 1 amide bonds. The molecule has 10 heteroatoms. The first kappa shape index (κ1) is 18.0. The van der Waals surface area contributed by atoms with Gasteiger partial charge in [0.2, 0.25) is 5.91 Å². The fraction of sp³-hybridized carbons (Fsp3) is 0.385. The molecule has 1 aromatic carbocycles. The van der Waals surface area contributed by atoms with Crippen LogP contribution in [0.5, 0.6) is 0 Å². The molecule has 1 aliphatic heterocycles. The Morgan fingerprint density at radius 3 is 2.09 bits per heavy atom. The lowest BCUT2D eigenvalue weighted by molar-refractivity contribution is -0.742. The van der Waals surface area contributed by atoms with E-state index in [0.717, 1.165) is 37.6 Å². The van der Waals surface area contributed by atoms with Crippen molar-refractivity contribution in [2.24, 2.45) is 16.5 Å². The number of aliphatic imine (C=N–C) groups is 1. The molecule has 1 aromatic rings. The van der Waals surface area contributed by atoms with Crippen LogP contribution in [-0.2, 0) is 4.79 Å². The fourth-order valence-electron chi connectivity index (χ4n) is 2.17. The van der Waals surface area contributed by atoms with Crippen molar-refractivity contribution in [1.29, 1.82) is 0 Å². The van der Waals surface area contributed by atoms with Crippen LogP contribution < -0.4 is 16.4 Å². The Balaban J connectivity index is 0.000000593. The number of piperazine rings is 1. The normalized spacial score (nSPS) is 13.6. The predicted molar refractivity (Wildman–Crippen MR) is 85.2 cm³/mol. The van der Waals surface area contributed by atoms with Gasteiger partial charge in [0.15, 0.2) is 5.96 Å². The van der Waals surface area contributed by atoms with E-state index in [9.17, 15) is 4.79 Å². The van der Waals surface area contributed by atoms with Gasteiger partial charge in [-0.05, 0) is 24.3 Å². The molecule has 126 valence electrons. The predicted octanol–water partition coefficient (Wildman–Crippen LogP) is -0.0877. The fourth-order valence-corrected chi connectivity index (χ4v) is 2.17. The molecule has 10 nitrogen and oxygen atoms in total. The number of rotatable bonds is 2. The Morgan fingerprint density at radius 1 is 1.22 bits per heavy atom. The van der Waals surface area contributed by atoms with Crippen LogP contribution in [0.1, 0.15) is 6.92 Å². The lowest BCUT2D eigenvalue weighted by Crippen LogP contribution is -2.48. The van der Waals surface area contributed by atoms with Gasteiger partial charge in [-0.15, -0.1) is 10.1 Å². The van der Waals surface area contributed by atoms with Gasteiger partial charge < -0.3 is 26.5 Å². The highest BCUT2D eigenvalue weighted by atomic mass is 16.9. The third-order valence-corrected chi connectivity index (χ3v) is 3.20. The van der Waals surface area contributed by atoms with E-state index < -0.39 is 5.09 Å². The van der Waals surface area contributed by atoms with Crippen LogP contribution in [0.3, 0.4) is 0 Å². The third kappa shape index (κ3) is 6.50. The molecule has 1 heterocycles. The third-order valence-electron chi connectivity index (χ3n) is 3.20. The van der Waals surface area contributed by atoms with E-state index in [4.69, 9.17) is 26.8 Å². The van der Waals surface area contributed by atoms with Crippen LogP contribution >= 0.6 is 0 Å². The molecule has 0 bridgehead atoms. The van der Waals surface area contributed by atoms with Gasteiger partial charge in [0.25, 0.3) is 5.09 Å². The number of guanidine groups is 1. The zero-order valence-electron chi connectivity index (χ0n) is 12.8. The van der Waals surface area contributed by atoms with Crippen LogP contribution in [0.2, 0.25) is 0 Å². The van der Waals surface area contributed by atoms with Crippen molar-refractivity contribution in [3.8, 4) is 0 Å². The van der Waals surface area contributed by atoms with E-state index in [1.165, 1.54) is 0 Å². The molecule has 23 heavy (non-hydrogen) atoms. The van der Waals surface area contributed by atoms with Crippen LogP contribution in [0.4, 0.5) is 11.4 Å². The van der Waals surface area contributed by atoms with E-state index >= 15 is 0 Å². The van der Waals surface area contributed by atoms with Gasteiger partial charge in [-0.2, -0.15) is 0 Å². The summed E-state index contributed by atoms with van der Waals surface area (Å²) in [5.74, 6) is 0.200. The summed E-state index contributed by atoms with van der Waals surface area (Å²) < 4.78 is 0. The molecule has 0 radical (unpaired) electrons. The highest BCUT2D eigenvalue weighted by Crippen LogP contribution is 2.20. The van der Waals surface area contributed by atoms with Crippen molar-refractivity contribution in [1.82, 2.24) is 4.90 Å². The van der Waals surface area contributed by atoms with Crippen molar-refractivity contribution in [2.75, 3.05) is 31.1 Å². The number of hydrogen-bond donors (Lipinski definition) is 3. The van der Waals surface area contributed by atoms with Crippen molar-refractivity contribution in [3.63, 3.8) is 0 Å². The summed E-state index contributed by atoms with van der Waals surface area (Å²) in [7, 11) is 0. The van der Waals surface area contributed by atoms with Gasteiger partial charge in [-0.3, -0.25) is 4.79 Å². The summed E-state index contributed by atoms with van der Waals surface area (Å²) in [6.45, 7) is 4.85. The summed E-state index contributed by atoms with van der Waals surface area (Å²) >= 11 is 0. The molecule has 0 spiro atoms. The number of nitrogens with zero attached hydrogens (tertiary/aromatic N) is 4. The number of carbonyl (C=O) groups excluding carboxylic acids is 1. The molecular formula is C13H20N6O4. The molecule has 0 aromatic heterocycles. The minimum absolute atomic E-state index is 0.0582. The number of carbonyl (C=O) groups is 1. The molecule has 0 saturated carbocycles. The topological polar surface area (TPSA) is 151 Å². The van der Waals surface area contributed by atoms with Crippen molar-refractivity contribution >= 4 is 23.2 Å². The smallest absolute Gasteiger partial charge is 0.291 e. The standard InChI is InChI=1S/C13H19N5O.HNO3/c1-10(19)17-6-8-18(9-7-17)12-4-2-11(3-5-12)16-13(14)15;2-1(3)4/h2-5H,6-9H2,1H3,(H4,14,15,16);(H,2,3,4). The van der Waals surface area contributed by atoms with Crippen LogP contribution in [-0.4, -0.2) is 53.2 Å². The summed E-state index contributed by atoms with van der Waals surface area (Å²) in [6, 6.07) is 7.75. The average molecular weight is 324 g/mol. The first-order chi connectivity index (χ1) is 10.8. The SMILES string of the molecule is CC(=O)N1CCN(c2ccc(N=C(N)N)cc2)CC1.O=[N+]([O-])O. The maximum atomic E-state index is 11.3. The summed E-state index contributed by atoms with van der Waals surface area (Å²) in [5, 5.41) is 13.6. The Morgan fingerprint density at radius 2 is 1.70 bits per heavy atom. The highest BCUT2D eigenvalue weighted by molar-refractivity contribution is 5.79. The zero-order valence-corrected chi connectivity index (χ0v) is 12.8. The maximum Gasteiger partial charge on any atom is 0.291 e. The average Bonchev–Trinajstić information content (AvgIpc) is 2.47. The van der Waals surface area contributed by atoms with Crippen LogP contribution in [0.25, 0.3) is 0 Å². The number of nitrogens with two attached hydrogens (primary N) is 2. The largest absolute Gasteiger partial charge is 0.370 e. The quantitative estimate of drug-likeness (QED) is 0.297. The minimum atomic E-state index is -1.50. The lowest BCUT2D eigenvalue weighted by Gasteiger charge is -2.35. The molecular weight excluding hydrogens is 304 g/mol. The van der Waals surface area contributed by atoms with Crippen LogP contribution in [0.15, 0.2) is 29.3 Å². The van der Waals surface area contributed by atoms with E-state index in [1.54, 1.807) is 6.92 Å². The summed E-state index contributed by atoms with van der Waals surface area (Å²) in [5.41, 5.74) is 12.5. The van der Waals surface area contributed by atoms with E-state index in [2.05, 4.69) is 9.89 Å². The molecule has 5 N–H and O–H groups in total. The molecule has 1 saturated heterocycles. The summed E-state index contributed by atoms with van der Waals surface area (Å²) in [4.78, 5) is 27.7. The van der Waals surface area contributed by atoms with Crippen molar-refractivity contribution < 1.29 is 15.1 Å². The van der Waals surface area contributed by atoms with Crippen LogP contribution in [0, 0.1) is 10.1 Å². The number of amides is 1. The van der Waals surface area contributed by atoms with Gasteiger partial charge in [0, 0.05) is 38.8 Å². The molecule has 0 unspecified atom stereocenters. The Hall–Kier alpha value is -3.04. The highest BCUT2D eigenvalue weighted by Gasteiger charge is 2.18. The van der Waals surface area contributed by atoms with E-state index in [1.807, 2.05) is 29.2 Å². The van der Waals surface area contributed by atoms with Gasteiger partial charge in [0.05, 0.1) is 5.69 Å². The monoisotopic (exact) mass is 324 g/mol. The lowest BCUT2D eigenvalue weighted by atomic mass is 10.2. The van der Waals surface area contributed by atoms with E-state index in [0.29, 0.717) is 0 Å². The summed E-state index contributed by atoms with van der Waals surface area (Å²) in [6.07, 6.45) is 0. The second kappa shape index (κ2) is 8.41. The van der Waals surface area contributed by atoms with Gasteiger partial charge in [0.1, 0.15) is 0 Å². The Bertz CT molecular complexity index is 558. The Kier molecular flexibility index (Phi) is 6.59.